The highest BCUT2D eigenvalue weighted by Crippen LogP contribution is 2.25. The molecule has 0 radical (unpaired) electrons. The van der Waals surface area contributed by atoms with Gasteiger partial charge in [0.25, 0.3) is 0 Å². The lowest BCUT2D eigenvalue weighted by atomic mass is 9.95. The van der Waals surface area contributed by atoms with E-state index < -0.39 is 0 Å². The molecule has 2 heteroatoms. The van der Waals surface area contributed by atoms with Crippen LogP contribution in [0.25, 0.3) is 0 Å². The SMILES string of the molecule is C=CC(=O)CCC(CSc1ccccc1)Cc1ccccc1. The average molecular weight is 310 g/mol. The maximum absolute atomic E-state index is 11.5. The number of hydrogen-bond donors (Lipinski definition) is 0. The molecule has 2 aromatic carbocycles. The second-order valence-corrected chi connectivity index (χ2v) is 6.48. The smallest absolute Gasteiger partial charge is 0.155 e. The Kier molecular flexibility index (Phi) is 6.98. The van der Waals surface area contributed by atoms with Gasteiger partial charge >= 0.3 is 0 Å². The van der Waals surface area contributed by atoms with Crippen LogP contribution < -0.4 is 0 Å². The number of carbonyl (C=O) groups is 1. The molecule has 22 heavy (non-hydrogen) atoms. The number of allylic oxidation sites excluding steroid dienone is 1. The van der Waals surface area contributed by atoms with Crippen molar-refractivity contribution in [2.24, 2.45) is 5.92 Å². The fourth-order valence-corrected chi connectivity index (χ4v) is 3.43. The van der Waals surface area contributed by atoms with Gasteiger partial charge in [-0.15, -0.1) is 11.8 Å². The zero-order chi connectivity index (χ0) is 15.6. The van der Waals surface area contributed by atoms with Gasteiger partial charge in [0.2, 0.25) is 0 Å². The van der Waals surface area contributed by atoms with Crippen LogP contribution in [0.2, 0.25) is 0 Å². The van der Waals surface area contributed by atoms with Gasteiger partial charge in [-0.3, -0.25) is 4.79 Å². The fourth-order valence-electron chi connectivity index (χ4n) is 2.37. The number of rotatable bonds is 9. The molecule has 0 aliphatic carbocycles. The van der Waals surface area contributed by atoms with Crippen molar-refractivity contribution in [2.75, 3.05) is 5.75 Å². The zero-order valence-corrected chi connectivity index (χ0v) is 13.6. The molecule has 1 atom stereocenters. The molecule has 0 aliphatic heterocycles. The van der Waals surface area contributed by atoms with Crippen LogP contribution in [0.1, 0.15) is 18.4 Å². The molecular formula is C20H22OS. The predicted molar refractivity (Wildman–Crippen MR) is 95.2 cm³/mol. The Bertz CT molecular complexity index is 577. The predicted octanol–water partition coefficient (Wildman–Crippen LogP) is 5.17. The molecule has 0 fully saturated rings. The maximum atomic E-state index is 11.5. The minimum absolute atomic E-state index is 0.141. The van der Waals surface area contributed by atoms with Crippen molar-refractivity contribution >= 4 is 17.5 Å². The highest BCUT2D eigenvalue weighted by Gasteiger charge is 2.12. The van der Waals surface area contributed by atoms with Crippen LogP contribution in [0.15, 0.2) is 78.2 Å². The summed E-state index contributed by atoms with van der Waals surface area (Å²) in [4.78, 5) is 12.8. The zero-order valence-electron chi connectivity index (χ0n) is 12.8. The summed E-state index contributed by atoms with van der Waals surface area (Å²) in [5, 5.41) is 0. The van der Waals surface area contributed by atoms with Crippen molar-refractivity contribution < 1.29 is 4.79 Å². The van der Waals surface area contributed by atoms with Crippen molar-refractivity contribution in [3.8, 4) is 0 Å². The number of benzene rings is 2. The van der Waals surface area contributed by atoms with Crippen LogP contribution in [-0.4, -0.2) is 11.5 Å². The standard InChI is InChI=1S/C20H22OS/c1-2-19(21)14-13-18(15-17-9-5-3-6-10-17)16-22-20-11-7-4-8-12-20/h2-12,18H,1,13-16H2. The number of hydrogen-bond acceptors (Lipinski definition) is 2. The number of thioether (sulfide) groups is 1. The lowest BCUT2D eigenvalue weighted by molar-refractivity contribution is -0.114. The fraction of sp³-hybridized carbons (Fsp3) is 0.250. The first-order valence-electron chi connectivity index (χ1n) is 7.65. The molecule has 2 rings (SSSR count). The first-order valence-corrected chi connectivity index (χ1v) is 8.63. The summed E-state index contributed by atoms with van der Waals surface area (Å²) in [6.07, 6.45) is 3.96. The normalized spacial score (nSPS) is 11.8. The molecule has 0 N–H and O–H groups in total. The monoisotopic (exact) mass is 310 g/mol. The van der Waals surface area contributed by atoms with Crippen LogP contribution >= 0.6 is 11.8 Å². The number of ketones is 1. The van der Waals surface area contributed by atoms with E-state index in [0.29, 0.717) is 12.3 Å². The third kappa shape index (κ3) is 5.90. The molecular weight excluding hydrogens is 288 g/mol. The lowest BCUT2D eigenvalue weighted by Crippen LogP contribution is -2.10. The molecule has 0 bridgehead atoms. The van der Waals surface area contributed by atoms with E-state index >= 15 is 0 Å². The summed E-state index contributed by atoms with van der Waals surface area (Å²) in [5.41, 5.74) is 1.34. The molecule has 0 aromatic heterocycles. The Morgan fingerprint density at radius 3 is 2.32 bits per heavy atom. The molecule has 0 aliphatic rings. The Balaban J connectivity index is 1.94. The van der Waals surface area contributed by atoms with Crippen molar-refractivity contribution in [1.82, 2.24) is 0 Å². The highest BCUT2D eigenvalue weighted by atomic mass is 32.2. The van der Waals surface area contributed by atoms with Crippen molar-refractivity contribution in [2.45, 2.75) is 24.2 Å². The molecule has 0 amide bonds. The van der Waals surface area contributed by atoms with Crippen molar-refractivity contribution in [3.63, 3.8) is 0 Å². The summed E-state index contributed by atoms with van der Waals surface area (Å²) >= 11 is 1.87. The van der Waals surface area contributed by atoms with E-state index in [2.05, 4.69) is 55.1 Å². The van der Waals surface area contributed by atoms with Crippen LogP contribution in [0, 0.1) is 5.92 Å². The molecule has 1 nitrogen and oxygen atoms in total. The molecule has 0 heterocycles. The van der Waals surface area contributed by atoms with Gasteiger partial charge in [-0.1, -0.05) is 55.1 Å². The maximum Gasteiger partial charge on any atom is 0.155 e. The van der Waals surface area contributed by atoms with E-state index in [-0.39, 0.29) is 5.78 Å². The Morgan fingerprint density at radius 1 is 1.05 bits per heavy atom. The molecule has 0 spiro atoms. The Morgan fingerprint density at radius 2 is 1.68 bits per heavy atom. The average Bonchev–Trinajstić information content (AvgIpc) is 2.58. The first kappa shape index (κ1) is 16.6. The number of carbonyl (C=O) groups excluding carboxylic acids is 1. The second kappa shape index (κ2) is 9.26. The minimum Gasteiger partial charge on any atom is -0.295 e. The van der Waals surface area contributed by atoms with Gasteiger partial charge in [-0.2, -0.15) is 0 Å². The van der Waals surface area contributed by atoms with Gasteiger partial charge in [0, 0.05) is 17.1 Å². The third-order valence-corrected chi connectivity index (χ3v) is 4.87. The van der Waals surface area contributed by atoms with Crippen molar-refractivity contribution in [3.05, 3.63) is 78.9 Å². The van der Waals surface area contributed by atoms with E-state index in [9.17, 15) is 4.79 Å². The van der Waals surface area contributed by atoms with Crippen LogP contribution in [0.5, 0.6) is 0 Å². The molecule has 114 valence electrons. The van der Waals surface area contributed by atoms with Crippen LogP contribution in [0.3, 0.4) is 0 Å². The van der Waals surface area contributed by atoms with Crippen LogP contribution in [0.4, 0.5) is 0 Å². The van der Waals surface area contributed by atoms with Gasteiger partial charge < -0.3 is 0 Å². The van der Waals surface area contributed by atoms with Gasteiger partial charge in [0.05, 0.1) is 0 Å². The molecule has 2 aromatic rings. The van der Waals surface area contributed by atoms with Gasteiger partial charge in [-0.05, 0) is 42.5 Å². The van der Waals surface area contributed by atoms with E-state index in [1.807, 2.05) is 23.9 Å². The molecule has 1 unspecified atom stereocenters. The van der Waals surface area contributed by atoms with E-state index in [4.69, 9.17) is 0 Å². The summed E-state index contributed by atoms with van der Waals surface area (Å²) < 4.78 is 0. The summed E-state index contributed by atoms with van der Waals surface area (Å²) in [7, 11) is 0. The second-order valence-electron chi connectivity index (χ2n) is 5.39. The quantitative estimate of drug-likeness (QED) is 0.469. The van der Waals surface area contributed by atoms with Gasteiger partial charge in [-0.25, -0.2) is 0 Å². The van der Waals surface area contributed by atoms with Gasteiger partial charge in [0.1, 0.15) is 0 Å². The Hall–Kier alpha value is -1.80. The van der Waals surface area contributed by atoms with E-state index in [1.54, 1.807) is 0 Å². The van der Waals surface area contributed by atoms with Crippen LogP contribution in [-0.2, 0) is 11.2 Å². The lowest BCUT2D eigenvalue weighted by Gasteiger charge is -2.16. The highest BCUT2D eigenvalue weighted by molar-refractivity contribution is 7.99. The molecule has 0 saturated heterocycles. The third-order valence-electron chi connectivity index (χ3n) is 3.62. The topological polar surface area (TPSA) is 17.1 Å². The summed E-state index contributed by atoms with van der Waals surface area (Å²) in [6, 6.07) is 21.0. The first-order chi connectivity index (χ1) is 10.8. The van der Waals surface area contributed by atoms with Crippen molar-refractivity contribution in [1.29, 1.82) is 0 Å². The minimum atomic E-state index is 0.141. The van der Waals surface area contributed by atoms with Gasteiger partial charge in [0.15, 0.2) is 5.78 Å². The van der Waals surface area contributed by atoms with E-state index in [1.165, 1.54) is 16.5 Å². The van der Waals surface area contributed by atoms with E-state index in [0.717, 1.165) is 18.6 Å². The molecule has 0 saturated carbocycles. The largest absolute Gasteiger partial charge is 0.295 e. The summed E-state index contributed by atoms with van der Waals surface area (Å²) in [5.74, 6) is 1.67. The Labute approximate surface area is 137 Å². The summed E-state index contributed by atoms with van der Waals surface area (Å²) in [6.45, 7) is 3.56.